The van der Waals surface area contributed by atoms with Crippen molar-refractivity contribution in [3.05, 3.63) is 83.1 Å². The van der Waals surface area contributed by atoms with Crippen LogP contribution < -0.4 is 10.2 Å². The summed E-state index contributed by atoms with van der Waals surface area (Å²) in [4.78, 5) is 23.7. The molecular weight excluding hydrogens is 355 g/mol. The van der Waals surface area contributed by atoms with Crippen molar-refractivity contribution >= 4 is 17.4 Å². The average molecular weight is 376 g/mol. The third-order valence-corrected chi connectivity index (χ3v) is 4.80. The van der Waals surface area contributed by atoms with Crippen LogP contribution in [-0.2, 0) is 13.0 Å². The van der Waals surface area contributed by atoms with Gasteiger partial charge >= 0.3 is 0 Å². The van der Waals surface area contributed by atoms with Gasteiger partial charge in [0.15, 0.2) is 0 Å². The Bertz CT molecular complexity index is 1000. The van der Waals surface area contributed by atoms with Crippen molar-refractivity contribution in [1.82, 2.24) is 9.97 Å². The predicted molar refractivity (Wildman–Crippen MR) is 107 cm³/mol. The van der Waals surface area contributed by atoms with Crippen LogP contribution in [0.1, 0.15) is 33.9 Å². The van der Waals surface area contributed by atoms with E-state index in [-0.39, 0.29) is 11.7 Å². The molecule has 0 aliphatic carbocycles. The third kappa shape index (κ3) is 3.86. The van der Waals surface area contributed by atoms with Gasteiger partial charge in [-0.25, -0.2) is 14.4 Å². The van der Waals surface area contributed by atoms with E-state index in [1.165, 1.54) is 17.7 Å². The fourth-order valence-electron chi connectivity index (χ4n) is 3.45. The number of nitrogens with one attached hydrogen (secondary N) is 1. The van der Waals surface area contributed by atoms with Crippen LogP contribution in [0.2, 0.25) is 0 Å². The number of carbonyl (C=O) groups is 1. The first-order valence-electron chi connectivity index (χ1n) is 9.34. The highest BCUT2D eigenvalue weighted by Gasteiger charge is 2.24. The molecule has 0 saturated heterocycles. The number of anilines is 2. The van der Waals surface area contributed by atoms with Crippen molar-refractivity contribution in [3.63, 3.8) is 0 Å². The molecule has 6 heteroatoms. The molecule has 0 saturated carbocycles. The third-order valence-electron chi connectivity index (χ3n) is 4.80. The number of benzene rings is 2. The predicted octanol–water partition coefficient (Wildman–Crippen LogP) is 4.13. The number of fused-ring (bicyclic) bond motifs is 1. The molecule has 1 aliphatic heterocycles. The summed E-state index contributed by atoms with van der Waals surface area (Å²) in [6.07, 6.45) is 1.91. The highest BCUT2D eigenvalue weighted by atomic mass is 19.1. The van der Waals surface area contributed by atoms with E-state index in [4.69, 9.17) is 0 Å². The van der Waals surface area contributed by atoms with Crippen molar-refractivity contribution in [3.8, 4) is 0 Å². The molecular formula is C22H21FN4O. The molecule has 1 aliphatic rings. The zero-order chi connectivity index (χ0) is 19.5. The van der Waals surface area contributed by atoms with Crippen LogP contribution in [0.15, 0.2) is 54.6 Å². The maximum atomic E-state index is 13.1. The van der Waals surface area contributed by atoms with Crippen LogP contribution in [0.5, 0.6) is 0 Å². The summed E-state index contributed by atoms with van der Waals surface area (Å²) in [7, 11) is 0. The number of hydrogen-bond donors (Lipinski definition) is 1. The first kappa shape index (κ1) is 18.1. The molecule has 0 radical (unpaired) electrons. The van der Waals surface area contributed by atoms with Gasteiger partial charge < -0.3 is 10.2 Å². The van der Waals surface area contributed by atoms with E-state index >= 15 is 0 Å². The zero-order valence-corrected chi connectivity index (χ0v) is 15.7. The number of para-hydroxylation sites is 1. The number of aryl methyl sites for hydroxylation is 2. The molecule has 3 aromatic rings. The maximum Gasteiger partial charge on any atom is 0.277 e. The summed E-state index contributed by atoms with van der Waals surface area (Å²) < 4.78 is 13.0. The molecule has 4 rings (SSSR count). The second-order valence-electron chi connectivity index (χ2n) is 6.85. The number of aromatic nitrogens is 2. The Kier molecular flexibility index (Phi) is 5.02. The maximum absolute atomic E-state index is 13.1. The minimum Gasteiger partial charge on any atom is -0.366 e. The topological polar surface area (TPSA) is 58.1 Å². The van der Waals surface area contributed by atoms with E-state index in [1.807, 2.05) is 18.2 Å². The molecule has 2 aromatic carbocycles. The summed E-state index contributed by atoms with van der Waals surface area (Å²) in [6, 6.07) is 15.9. The van der Waals surface area contributed by atoms with Crippen LogP contribution in [0.25, 0.3) is 0 Å². The molecule has 28 heavy (non-hydrogen) atoms. The van der Waals surface area contributed by atoms with Crippen molar-refractivity contribution in [2.24, 2.45) is 0 Å². The average Bonchev–Trinajstić information content (AvgIpc) is 2.72. The number of rotatable bonds is 4. The molecule has 0 spiro atoms. The van der Waals surface area contributed by atoms with Crippen molar-refractivity contribution in [1.29, 1.82) is 0 Å². The van der Waals surface area contributed by atoms with Crippen LogP contribution >= 0.6 is 0 Å². The number of hydrogen-bond acceptors (Lipinski definition) is 4. The molecule has 0 atom stereocenters. The summed E-state index contributed by atoms with van der Waals surface area (Å²) in [5.41, 5.74) is 3.43. The van der Waals surface area contributed by atoms with Gasteiger partial charge in [-0.3, -0.25) is 4.79 Å². The fraction of sp³-hybridized carbons (Fsp3) is 0.227. The smallest absolute Gasteiger partial charge is 0.277 e. The summed E-state index contributed by atoms with van der Waals surface area (Å²) in [6.45, 7) is 2.93. The Morgan fingerprint density at radius 1 is 1.14 bits per heavy atom. The zero-order valence-electron chi connectivity index (χ0n) is 15.7. The first-order chi connectivity index (χ1) is 13.6. The molecule has 1 N–H and O–H groups in total. The lowest BCUT2D eigenvalue weighted by Crippen LogP contribution is -2.36. The van der Waals surface area contributed by atoms with Crippen molar-refractivity contribution in [2.75, 3.05) is 16.8 Å². The monoisotopic (exact) mass is 376 g/mol. The summed E-state index contributed by atoms with van der Waals surface area (Å²) >= 11 is 0. The van der Waals surface area contributed by atoms with Crippen molar-refractivity contribution < 1.29 is 9.18 Å². The number of amides is 1. The molecule has 2 heterocycles. The lowest BCUT2D eigenvalue weighted by Gasteiger charge is -2.29. The molecule has 142 valence electrons. The van der Waals surface area contributed by atoms with Gasteiger partial charge in [-0.15, -0.1) is 0 Å². The Hall–Kier alpha value is -3.28. The van der Waals surface area contributed by atoms with Gasteiger partial charge in [0.25, 0.3) is 5.91 Å². The van der Waals surface area contributed by atoms with Crippen molar-refractivity contribution in [2.45, 2.75) is 26.3 Å². The SMILES string of the molecule is Cc1nc(NCc2ccc(F)cc2)cc(C(=O)N2CCCc3ccccc32)n1. The van der Waals surface area contributed by atoms with Gasteiger partial charge in [0.2, 0.25) is 0 Å². The van der Waals surface area contributed by atoms with Crippen LogP contribution in [-0.4, -0.2) is 22.4 Å². The minimum atomic E-state index is -0.267. The van der Waals surface area contributed by atoms with E-state index in [0.29, 0.717) is 30.4 Å². The van der Waals surface area contributed by atoms with E-state index in [1.54, 1.807) is 30.0 Å². The summed E-state index contributed by atoms with van der Waals surface area (Å²) in [5.74, 6) is 0.710. The Labute approximate surface area is 163 Å². The number of halogens is 1. The first-order valence-corrected chi connectivity index (χ1v) is 9.34. The van der Waals surface area contributed by atoms with Gasteiger partial charge in [0.1, 0.15) is 23.2 Å². The van der Waals surface area contributed by atoms with Gasteiger partial charge in [-0.05, 0) is 49.1 Å². The van der Waals surface area contributed by atoms with E-state index in [0.717, 1.165) is 24.1 Å². The van der Waals surface area contributed by atoms with E-state index in [9.17, 15) is 9.18 Å². The van der Waals surface area contributed by atoms with Gasteiger partial charge in [-0.2, -0.15) is 0 Å². The number of nitrogens with zero attached hydrogens (tertiary/aromatic N) is 3. The lowest BCUT2D eigenvalue weighted by atomic mass is 10.0. The Morgan fingerprint density at radius 2 is 1.93 bits per heavy atom. The molecule has 1 amide bonds. The Balaban J connectivity index is 1.55. The molecule has 0 bridgehead atoms. The standard InChI is InChI=1S/C22H21FN4O/c1-15-25-19(13-21(26-15)24-14-16-8-10-18(23)11-9-16)22(28)27-12-4-6-17-5-2-3-7-20(17)27/h2-3,5,7-11,13H,4,6,12,14H2,1H3,(H,24,25,26). The van der Waals surface area contributed by atoms with Crippen LogP contribution in [0.4, 0.5) is 15.9 Å². The molecule has 1 aromatic heterocycles. The fourth-order valence-corrected chi connectivity index (χ4v) is 3.45. The highest BCUT2D eigenvalue weighted by Crippen LogP contribution is 2.28. The normalized spacial score (nSPS) is 13.1. The molecule has 0 unspecified atom stereocenters. The van der Waals surface area contributed by atoms with E-state index < -0.39 is 0 Å². The van der Waals surface area contributed by atoms with Gasteiger partial charge in [0, 0.05) is 24.8 Å². The quantitative estimate of drug-likeness (QED) is 0.744. The molecule has 0 fully saturated rings. The second kappa shape index (κ2) is 7.76. The number of carbonyl (C=O) groups excluding carboxylic acids is 1. The molecule has 5 nitrogen and oxygen atoms in total. The highest BCUT2D eigenvalue weighted by molar-refractivity contribution is 6.05. The van der Waals surface area contributed by atoms with Gasteiger partial charge in [-0.1, -0.05) is 30.3 Å². The van der Waals surface area contributed by atoms with Gasteiger partial charge in [0.05, 0.1) is 0 Å². The largest absolute Gasteiger partial charge is 0.366 e. The minimum absolute atomic E-state index is 0.123. The van der Waals surface area contributed by atoms with Crippen LogP contribution in [0.3, 0.4) is 0 Å². The van der Waals surface area contributed by atoms with Crippen LogP contribution in [0, 0.1) is 12.7 Å². The second-order valence-corrected chi connectivity index (χ2v) is 6.85. The lowest BCUT2D eigenvalue weighted by molar-refractivity contribution is 0.0980. The van der Waals surface area contributed by atoms with E-state index in [2.05, 4.69) is 21.4 Å². The summed E-state index contributed by atoms with van der Waals surface area (Å²) in [5, 5.41) is 3.19. The Morgan fingerprint density at radius 3 is 2.75 bits per heavy atom.